The van der Waals surface area contributed by atoms with Gasteiger partial charge in [0, 0.05) is 33.2 Å². The number of likely N-dealkylation sites (N-methyl/N-ethyl adjacent to an activating group) is 1. The lowest BCUT2D eigenvalue weighted by molar-refractivity contribution is -0.132. The molecule has 0 aromatic heterocycles. The highest BCUT2D eigenvalue weighted by Crippen LogP contribution is 2.18. The Morgan fingerprint density at radius 3 is 2.15 bits per heavy atom. The SMILES string of the molecule is CCOC(=O)N1CCN(C(=O)CN(C)S(=O)(=O)c2ccc(OC)cc2)CC1. The summed E-state index contributed by atoms with van der Waals surface area (Å²) in [6.45, 7) is 3.16. The molecular formula is C17H25N3O6S. The Morgan fingerprint density at radius 1 is 1.07 bits per heavy atom. The van der Waals surface area contributed by atoms with E-state index in [4.69, 9.17) is 9.47 Å². The number of methoxy groups -OCH3 is 1. The number of amides is 2. The molecule has 0 N–H and O–H groups in total. The highest BCUT2D eigenvalue weighted by Gasteiger charge is 2.28. The molecule has 10 heteroatoms. The van der Waals surface area contributed by atoms with Crippen LogP contribution in [0.3, 0.4) is 0 Å². The number of ether oxygens (including phenoxy) is 2. The van der Waals surface area contributed by atoms with Crippen LogP contribution in [0.5, 0.6) is 5.75 Å². The number of rotatable bonds is 6. The average Bonchev–Trinajstić information content (AvgIpc) is 2.68. The van der Waals surface area contributed by atoms with Crippen LogP contribution in [0.25, 0.3) is 0 Å². The van der Waals surface area contributed by atoms with E-state index in [2.05, 4.69) is 0 Å². The second kappa shape index (κ2) is 9.05. The van der Waals surface area contributed by atoms with Gasteiger partial charge in [0.05, 0.1) is 25.2 Å². The summed E-state index contributed by atoms with van der Waals surface area (Å²) in [5.41, 5.74) is 0. The molecule has 150 valence electrons. The monoisotopic (exact) mass is 399 g/mol. The standard InChI is InChI=1S/C17H25N3O6S/c1-4-26-17(22)20-11-9-19(10-12-20)16(21)13-18(2)27(23,24)15-7-5-14(25-3)6-8-15/h5-8H,4,9-13H2,1-3H3. The highest BCUT2D eigenvalue weighted by molar-refractivity contribution is 7.89. The maximum Gasteiger partial charge on any atom is 0.409 e. The zero-order chi connectivity index (χ0) is 20.0. The van der Waals surface area contributed by atoms with Gasteiger partial charge in [-0.3, -0.25) is 4.79 Å². The molecule has 1 heterocycles. The fraction of sp³-hybridized carbons (Fsp3) is 0.529. The molecule has 1 aromatic rings. The molecule has 27 heavy (non-hydrogen) atoms. The molecule has 0 bridgehead atoms. The minimum absolute atomic E-state index is 0.0886. The minimum Gasteiger partial charge on any atom is -0.497 e. The quantitative estimate of drug-likeness (QED) is 0.696. The molecule has 9 nitrogen and oxygen atoms in total. The topological polar surface area (TPSA) is 96.5 Å². The predicted octanol–water partition coefficient (Wildman–Crippen LogP) is 0.616. The first kappa shape index (κ1) is 21.0. The predicted molar refractivity (Wildman–Crippen MR) is 98.0 cm³/mol. The molecule has 1 aromatic carbocycles. The molecule has 2 amide bonds. The van der Waals surface area contributed by atoms with Crippen LogP contribution in [0.1, 0.15) is 6.92 Å². The van der Waals surface area contributed by atoms with E-state index in [-0.39, 0.29) is 17.3 Å². The summed E-state index contributed by atoms with van der Waals surface area (Å²) in [5.74, 6) is 0.241. The van der Waals surface area contributed by atoms with Crippen molar-refractivity contribution >= 4 is 22.0 Å². The van der Waals surface area contributed by atoms with Crippen LogP contribution in [0.4, 0.5) is 4.79 Å². The highest BCUT2D eigenvalue weighted by atomic mass is 32.2. The summed E-state index contributed by atoms with van der Waals surface area (Å²) < 4.78 is 36.2. The zero-order valence-corrected chi connectivity index (χ0v) is 16.6. The van der Waals surface area contributed by atoms with Crippen molar-refractivity contribution in [2.75, 3.05) is 53.5 Å². The van der Waals surface area contributed by atoms with Gasteiger partial charge in [-0.05, 0) is 31.2 Å². The third kappa shape index (κ3) is 5.10. The van der Waals surface area contributed by atoms with Crippen LogP contribution in [-0.4, -0.2) is 88.0 Å². The van der Waals surface area contributed by atoms with Gasteiger partial charge in [0.1, 0.15) is 5.75 Å². The molecule has 1 fully saturated rings. The van der Waals surface area contributed by atoms with Gasteiger partial charge in [-0.15, -0.1) is 0 Å². The molecule has 0 unspecified atom stereocenters. The Kier molecular flexibility index (Phi) is 7.03. The first-order valence-corrected chi connectivity index (χ1v) is 10.0. The van der Waals surface area contributed by atoms with Crippen molar-refractivity contribution in [2.45, 2.75) is 11.8 Å². The van der Waals surface area contributed by atoms with Gasteiger partial charge in [-0.1, -0.05) is 0 Å². The largest absolute Gasteiger partial charge is 0.497 e. The smallest absolute Gasteiger partial charge is 0.409 e. The second-order valence-electron chi connectivity index (χ2n) is 6.00. The molecule has 1 saturated heterocycles. The molecule has 0 aliphatic carbocycles. The number of hydrogen-bond donors (Lipinski definition) is 0. The van der Waals surface area contributed by atoms with E-state index in [0.29, 0.717) is 38.5 Å². The number of hydrogen-bond acceptors (Lipinski definition) is 6. The van der Waals surface area contributed by atoms with E-state index >= 15 is 0 Å². The van der Waals surface area contributed by atoms with E-state index in [9.17, 15) is 18.0 Å². The Bertz CT molecular complexity index is 757. The van der Waals surface area contributed by atoms with E-state index < -0.39 is 16.1 Å². The van der Waals surface area contributed by atoms with Gasteiger partial charge in [-0.25, -0.2) is 13.2 Å². The van der Waals surface area contributed by atoms with E-state index in [0.717, 1.165) is 4.31 Å². The van der Waals surface area contributed by atoms with Crippen LogP contribution in [0.15, 0.2) is 29.2 Å². The average molecular weight is 399 g/mol. The lowest BCUT2D eigenvalue weighted by Gasteiger charge is -2.34. The first-order valence-electron chi connectivity index (χ1n) is 8.59. The molecular weight excluding hydrogens is 374 g/mol. The number of benzene rings is 1. The van der Waals surface area contributed by atoms with Crippen LogP contribution in [0, 0.1) is 0 Å². The lowest BCUT2D eigenvalue weighted by atomic mass is 10.3. The van der Waals surface area contributed by atoms with Crippen molar-refractivity contribution in [3.63, 3.8) is 0 Å². The van der Waals surface area contributed by atoms with Crippen molar-refractivity contribution < 1.29 is 27.5 Å². The summed E-state index contributed by atoms with van der Waals surface area (Å²) in [6.07, 6.45) is -0.399. The van der Waals surface area contributed by atoms with Gasteiger partial charge in [0.2, 0.25) is 15.9 Å². The van der Waals surface area contributed by atoms with Crippen molar-refractivity contribution in [1.29, 1.82) is 0 Å². The Labute approximate surface area is 159 Å². The van der Waals surface area contributed by atoms with E-state index in [1.807, 2.05) is 0 Å². The van der Waals surface area contributed by atoms with E-state index in [1.54, 1.807) is 24.0 Å². The Hall–Kier alpha value is -2.33. The Morgan fingerprint density at radius 2 is 1.63 bits per heavy atom. The maximum atomic E-state index is 12.6. The number of carbonyl (C=O) groups excluding carboxylic acids is 2. The normalized spacial score (nSPS) is 15.0. The zero-order valence-electron chi connectivity index (χ0n) is 15.8. The number of sulfonamides is 1. The molecule has 1 aliphatic heterocycles. The third-order valence-electron chi connectivity index (χ3n) is 4.28. The fourth-order valence-corrected chi connectivity index (χ4v) is 3.78. The maximum absolute atomic E-state index is 12.6. The second-order valence-corrected chi connectivity index (χ2v) is 8.05. The molecule has 0 atom stereocenters. The van der Waals surface area contributed by atoms with Crippen LogP contribution < -0.4 is 4.74 Å². The van der Waals surface area contributed by atoms with Gasteiger partial charge < -0.3 is 19.3 Å². The number of piperazine rings is 1. The summed E-state index contributed by atoms with van der Waals surface area (Å²) in [4.78, 5) is 27.3. The first-order chi connectivity index (χ1) is 12.8. The van der Waals surface area contributed by atoms with Crippen molar-refractivity contribution in [3.8, 4) is 5.75 Å². The summed E-state index contributed by atoms with van der Waals surface area (Å²) in [6, 6.07) is 5.98. The van der Waals surface area contributed by atoms with Gasteiger partial charge in [0.25, 0.3) is 0 Å². The molecule has 0 saturated carbocycles. The van der Waals surface area contributed by atoms with Crippen molar-refractivity contribution in [3.05, 3.63) is 24.3 Å². The van der Waals surface area contributed by atoms with Gasteiger partial charge in [0.15, 0.2) is 0 Å². The number of carbonyl (C=O) groups is 2. The van der Waals surface area contributed by atoms with Crippen LogP contribution in [0.2, 0.25) is 0 Å². The van der Waals surface area contributed by atoms with Crippen LogP contribution >= 0.6 is 0 Å². The minimum atomic E-state index is -3.78. The summed E-state index contributed by atoms with van der Waals surface area (Å²) in [7, 11) is -0.920. The fourth-order valence-electron chi connectivity index (χ4n) is 2.66. The third-order valence-corrected chi connectivity index (χ3v) is 6.10. The summed E-state index contributed by atoms with van der Waals surface area (Å²) >= 11 is 0. The van der Waals surface area contributed by atoms with Gasteiger partial charge in [-0.2, -0.15) is 4.31 Å². The van der Waals surface area contributed by atoms with Crippen molar-refractivity contribution in [2.24, 2.45) is 0 Å². The molecule has 0 radical (unpaired) electrons. The molecule has 0 spiro atoms. The number of nitrogens with zero attached hydrogens (tertiary/aromatic N) is 3. The molecule has 1 aliphatic rings. The van der Waals surface area contributed by atoms with Crippen LogP contribution in [-0.2, 0) is 19.6 Å². The van der Waals surface area contributed by atoms with Crippen molar-refractivity contribution in [1.82, 2.24) is 14.1 Å². The Balaban J connectivity index is 1.94. The van der Waals surface area contributed by atoms with E-state index in [1.165, 1.54) is 31.2 Å². The van der Waals surface area contributed by atoms with Gasteiger partial charge >= 0.3 is 6.09 Å². The summed E-state index contributed by atoms with van der Waals surface area (Å²) in [5, 5.41) is 0. The molecule has 2 rings (SSSR count). The lowest BCUT2D eigenvalue weighted by Crippen LogP contribution is -2.52.